The minimum atomic E-state index is -0.707. The van der Waals surface area contributed by atoms with Gasteiger partial charge in [-0.25, -0.2) is 4.39 Å². The molecule has 0 atom stereocenters. The highest BCUT2D eigenvalue weighted by atomic mass is 19.1. The van der Waals surface area contributed by atoms with E-state index >= 15 is 0 Å². The highest BCUT2D eigenvalue weighted by molar-refractivity contribution is 6.05. The van der Waals surface area contributed by atoms with Crippen molar-refractivity contribution in [1.29, 1.82) is 0 Å². The van der Waals surface area contributed by atoms with Gasteiger partial charge in [0.2, 0.25) is 17.4 Å². The Bertz CT molecular complexity index is 948. The van der Waals surface area contributed by atoms with Crippen LogP contribution in [0.2, 0.25) is 0 Å². The van der Waals surface area contributed by atoms with Crippen LogP contribution < -0.4 is 10.1 Å². The summed E-state index contributed by atoms with van der Waals surface area (Å²) in [5.74, 6) is -2.77. The van der Waals surface area contributed by atoms with E-state index in [2.05, 4.69) is 5.32 Å². The zero-order valence-electron chi connectivity index (χ0n) is 13.7. The van der Waals surface area contributed by atoms with Gasteiger partial charge in [0.05, 0.1) is 0 Å². The Hall–Kier alpha value is -3.61. The number of hydrogen-bond donors (Lipinski definition) is 2. The van der Waals surface area contributed by atoms with Crippen LogP contribution in [0.1, 0.15) is 17.3 Å². The van der Waals surface area contributed by atoms with Crippen LogP contribution in [0.25, 0.3) is 11.3 Å². The average molecular weight is 355 g/mol. The van der Waals surface area contributed by atoms with Gasteiger partial charge in [-0.05, 0) is 36.4 Å². The highest BCUT2D eigenvalue weighted by Crippen LogP contribution is 2.46. The minimum Gasteiger partial charge on any atom is -0.502 e. The van der Waals surface area contributed by atoms with Crippen molar-refractivity contribution in [1.82, 2.24) is 0 Å². The van der Waals surface area contributed by atoms with E-state index in [0.29, 0.717) is 11.1 Å². The Kier molecular flexibility index (Phi) is 4.70. The third-order valence-corrected chi connectivity index (χ3v) is 3.46. The normalized spacial score (nSPS) is 10.4. The van der Waals surface area contributed by atoms with Crippen LogP contribution in [0.3, 0.4) is 0 Å². The predicted molar refractivity (Wildman–Crippen MR) is 91.5 cm³/mol. The first-order chi connectivity index (χ1) is 12.5. The molecule has 0 radical (unpaired) electrons. The number of carbonyl (C=O) groups is 2. The lowest BCUT2D eigenvalue weighted by Gasteiger charge is -2.04. The fourth-order valence-corrected chi connectivity index (χ4v) is 2.29. The number of halogens is 1. The van der Waals surface area contributed by atoms with Gasteiger partial charge in [0.15, 0.2) is 5.76 Å². The van der Waals surface area contributed by atoms with Crippen LogP contribution in [0.4, 0.5) is 10.3 Å². The van der Waals surface area contributed by atoms with Crippen LogP contribution in [-0.2, 0) is 4.79 Å². The van der Waals surface area contributed by atoms with E-state index in [-0.39, 0.29) is 17.4 Å². The molecule has 2 aromatic carbocycles. The lowest BCUT2D eigenvalue weighted by Crippen LogP contribution is -2.12. The number of furan rings is 1. The zero-order valence-corrected chi connectivity index (χ0v) is 13.7. The van der Waals surface area contributed by atoms with Gasteiger partial charge in [-0.2, -0.15) is 0 Å². The molecule has 0 unspecified atom stereocenters. The summed E-state index contributed by atoms with van der Waals surface area (Å²) in [5, 5.41) is 12.8. The number of hydrogen-bond acceptors (Lipinski definition) is 5. The molecule has 0 bridgehead atoms. The average Bonchev–Trinajstić information content (AvgIpc) is 2.92. The molecule has 6 nitrogen and oxygen atoms in total. The van der Waals surface area contributed by atoms with Crippen molar-refractivity contribution in [3.8, 4) is 22.8 Å². The molecule has 0 aliphatic carbocycles. The maximum absolute atomic E-state index is 13.1. The fourth-order valence-electron chi connectivity index (χ4n) is 2.29. The van der Waals surface area contributed by atoms with E-state index in [0.717, 1.165) is 6.92 Å². The Morgan fingerprint density at radius 2 is 1.73 bits per heavy atom. The number of rotatable bonds is 4. The van der Waals surface area contributed by atoms with Gasteiger partial charge < -0.3 is 14.3 Å². The second-order valence-electron chi connectivity index (χ2n) is 5.36. The summed E-state index contributed by atoms with van der Waals surface area (Å²) in [4.78, 5) is 23.6. The molecule has 1 heterocycles. The SMILES string of the molecule is CC(=O)Oc1c(NC(=O)c2ccccc2)oc(-c2ccc(F)cc2)c1O. The van der Waals surface area contributed by atoms with E-state index in [1.54, 1.807) is 30.3 Å². The quantitative estimate of drug-likeness (QED) is 0.691. The molecule has 2 N–H and O–H groups in total. The first kappa shape index (κ1) is 17.2. The third-order valence-electron chi connectivity index (χ3n) is 3.46. The Labute approximate surface area is 147 Å². The highest BCUT2D eigenvalue weighted by Gasteiger charge is 2.25. The van der Waals surface area contributed by atoms with Crippen molar-refractivity contribution in [2.24, 2.45) is 0 Å². The summed E-state index contributed by atoms with van der Waals surface area (Å²) < 4.78 is 23.5. The van der Waals surface area contributed by atoms with Gasteiger partial charge in [-0.1, -0.05) is 18.2 Å². The standard InChI is InChI=1S/C19H14FNO5/c1-11(22)25-17-15(23)16(12-7-9-14(20)10-8-12)26-19(17)21-18(24)13-5-3-2-4-6-13/h2-10,23H,1H3,(H,21,24). The van der Waals surface area contributed by atoms with Crippen molar-refractivity contribution in [3.63, 3.8) is 0 Å². The van der Waals surface area contributed by atoms with Gasteiger partial charge in [-0.15, -0.1) is 0 Å². The Morgan fingerprint density at radius 3 is 2.35 bits per heavy atom. The van der Waals surface area contributed by atoms with Gasteiger partial charge in [0.25, 0.3) is 5.91 Å². The summed E-state index contributed by atoms with van der Waals surface area (Å²) >= 11 is 0. The molecule has 0 saturated carbocycles. The van der Waals surface area contributed by atoms with Crippen molar-refractivity contribution in [2.75, 3.05) is 5.32 Å². The van der Waals surface area contributed by atoms with Crippen LogP contribution in [0, 0.1) is 5.82 Å². The van der Waals surface area contributed by atoms with Crippen LogP contribution in [-0.4, -0.2) is 17.0 Å². The monoisotopic (exact) mass is 355 g/mol. The number of anilines is 1. The lowest BCUT2D eigenvalue weighted by atomic mass is 10.1. The van der Waals surface area contributed by atoms with Crippen LogP contribution >= 0.6 is 0 Å². The number of aromatic hydroxyl groups is 1. The summed E-state index contributed by atoms with van der Waals surface area (Å²) in [6.45, 7) is 1.15. The maximum atomic E-state index is 13.1. The maximum Gasteiger partial charge on any atom is 0.308 e. The number of carbonyl (C=O) groups excluding carboxylic acids is 2. The molecule has 26 heavy (non-hydrogen) atoms. The van der Waals surface area contributed by atoms with E-state index in [9.17, 15) is 19.1 Å². The zero-order chi connectivity index (χ0) is 18.7. The van der Waals surface area contributed by atoms with Crippen molar-refractivity contribution >= 4 is 17.8 Å². The van der Waals surface area contributed by atoms with Crippen molar-refractivity contribution in [2.45, 2.75) is 6.92 Å². The topological polar surface area (TPSA) is 88.8 Å². The molecule has 0 aliphatic heterocycles. The van der Waals surface area contributed by atoms with Crippen molar-refractivity contribution in [3.05, 3.63) is 66.0 Å². The number of nitrogens with one attached hydrogen (secondary N) is 1. The summed E-state index contributed by atoms with van der Waals surface area (Å²) in [6.07, 6.45) is 0. The van der Waals surface area contributed by atoms with Gasteiger partial charge in [0, 0.05) is 18.1 Å². The molecule has 0 spiro atoms. The number of ether oxygens (including phenoxy) is 1. The first-order valence-corrected chi connectivity index (χ1v) is 7.62. The van der Waals surface area contributed by atoms with Crippen molar-refractivity contribution < 1.29 is 28.2 Å². The van der Waals surface area contributed by atoms with Gasteiger partial charge in [-0.3, -0.25) is 14.9 Å². The van der Waals surface area contributed by atoms with E-state index < -0.39 is 23.4 Å². The molecule has 3 rings (SSSR count). The number of amides is 1. The largest absolute Gasteiger partial charge is 0.502 e. The fraction of sp³-hybridized carbons (Fsp3) is 0.0526. The Balaban J connectivity index is 2.00. The summed E-state index contributed by atoms with van der Waals surface area (Å²) in [6, 6.07) is 13.4. The molecule has 132 valence electrons. The molecular weight excluding hydrogens is 341 g/mol. The molecule has 3 aromatic rings. The smallest absolute Gasteiger partial charge is 0.308 e. The molecule has 0 fully saturated rings. The van der Waals surface area contributed by atoms with E-state index in [4.69, 9.17) is 9.15 Å². The predicted octanol–water partition coefficient (Wildman–Crippen LogP) is 3.97. The molecule has 7 heteroatoms. The third kappa shape index (κ3) is 3.56. The Morgan fingerprint density at radius 1 is 1.08 bits per heavy atom. The number of benzene rings is 2. The molecule has 0 aliphatic rings. The molecule has 1 amide bonds. The minimum absolute atomic E-state index is 0.0652. The molecule has 1 aromatic heterocycles. The van der Waals surface area contributed by atoms with E-state index in [1.807, 2.05) is 0 Å². The van der Waals surface area contributed by atoms with E-state index in [1.165, 1.54) is 24.3 Å². The summed E-state index contributed by atoms with van der Waals surface area (Å²) in [7, 11) is 0. The van der Waals surface area contributed by atoms with Gasteiger partial charge in [0.1, 0.15) is 5.82 Å². The molecular formula is C19H14FNO5. The number of esters is 1. The van der Waals surface area contributed by atoms with Crippen LogP contribution in [0.5, 0.6) is 11.5 Å². The second-order valence-corrected chi connectivity index (χ2v) is 5.36. The lowest BCUT2D eigenvalue weighted by molar-refractivity contribution is -0.132. The second kappa shape index (κ2) is 7.10. The molecule has 0 saturated heterocycles. The summed E-state index contributed by atoms with van der Waals surface area (Å²) in [5.41, 5.74) is 0.693. The first-order valence-electron chi connectivity index (χ1n) is 7.62. The van der Waals surface area contributed by atoms with Gasteiger partial charge >= 0.3 is 5.97 Å². The van der Waals surface area contributed by atoms with Crippen LogP contribution in [0.15, 0.2) is 59.0 Å².